The Kier molecular flexibility index (Phi) is 4.94. The van der Waals surface area contributed by atoms with E-state index in [2.05, 4.69) is 0 Å². The molecule has 0 aliphatic carbocycles. The molecule has 0 aliphatic rings. The van der Waals surface area contributed by atoms with Gasteiger partial charge in [0.15, 0.2) is 0 Å². The second-order valence-corrected chi connectivity index (χ2v) is 5.68. The van der Waals surface area contributed by atoms with Crippen LogP contribution in [-0.2, 0) is 14.3 Å². The zero-order chi connectivity index (χ0) is 12.9. The standard InChI is InChI=1S/C11H12ClNO3S/c1-17(14,15)16-8-10(6-7-13)9-2-4-11(12)5-3-9/h2-5,10H,6,8H2,1H3/t10-/m0/s1. The molecule has 0 fully saturated rings. The van der Waals surface area contributed by atoms with E-state index < -0.39 is 10.1 Å². The minimum atomic E-state index is -3.49. The molecule has 92 valence electrons. The number of nitrogens with zero attached hydrogens (tertiary/aromatic N) is 1. The summed E-state index contributed by atoms with van der Waals surface area (Å²) < 4.78 is 26.5. The minimum Gasteiger partial charge on any atom is -0.270 e. The second-order valence-electron chi connectivity index (χ2n) is 3.60. The highest BCUT2D eigenvalue weighted by atomic mass is 35.5. The van der Waals surface area contributed by atoms with E-state index >= 15 is 0 Å². The van der Waals surface area contributed by atoms with Gasteiger partial charge in [0.2, 0.25) is 0 Å². The molecule has 1 atom stereocenters. The Hall–Kier alpha value is -1.09. The summed E-state index contributed by atoms with van der Waals surface area (Å²) in [6, 6.07) is 8.92. The van der Waals surface area contributed by atoms with Crippen LogP contribution in [-0.4, -0.2) is 21.3 Å². The molecule has 0 N–H and O–H groups in total. The highest BCUT2D eigenvalue weighted by Gasteiger charge is 2.14. The predicted octanol–water partition coefficient (Wildman–Crippen LogP) is 2.31. The van der Waals surface area contributed by atoms with Gasteiger partial charge in [-0.3, -0.25) is 4.18 Å². The first-order valence-corrected chi connectivity index (χ1v) is 7.08. The first-order chi connectivity index (χ1) is 7.92. The zero-order valence-corrected chi connectivity index (χ0v) is 10.8. The number of hydrogen-bond donors (Lipinski definition) is 0. The Morgan fingerprint density at radius 2 is 2.00 bits per heavy atom. The van der Waals surface area contributed by atoms with E-state index in [1.54, 1.807) is 24.3 Å². The Morgan fingerprint density at radius 1 is 1.41 bits per heavy atom. The highest BCUT2D eigenvalue weighted by molar-refractivity contribution is 7.85. The first-order valence-electron chi connectivity index (χ1n) is 4.89. The lowest BCUT2D eigenvalue weighted by atomic mass is 9.97. The number of nitriles is 1. The molecule has 0 saturated heterocycles. The fourth-order valence-corrected chi connectivity index (χ4v) is 1.86. The van der Waals surface area contributed by atoms with E-state index in [1.807, 2.05) is 6.07 Å². The Labute approximate surface area is 106 Å². The van der Waals surface area contributed by atoms with Crippen LogP contribution in [0.1, 0.15) is 17.9 Å². The van der Waals surface area contributed by atoms with Gasteiger partial charge in [0.1, 0.15) is 0 Å². The molecule has 1 aromatic carbocycles. The molecular weight excluding hydrogens is 262 g/mol. The van der Waals surface area contributed by atoms with Crippen molar-refractivity contribution in [2.45, 2.75) is 12.3 Å². The van der Waals surface area contributed by atoms with E-state index in [0.29, 0.717) is 5.02 Å². The number of halogens is 1. The lowest BCUT2D eigenvalue weighted by Crippen LogP contribution is -2.12. The fourth-order valence-electron chi connectivity index (χ4n) is 1.32. The summed E-state index contributed by atoms with van der Waals surface area (Å²) in [5, 5.41) is 9.29. The molecule has 6 heteroatoms. The number of rotatable bonds is 5. The fraction of sp³-hybridized carbons (Fsp3) is 0.364. The summed E-state index contributed by atoms with van der Waals surface area (Å²) in [6.45, 7) is -0.0337. The zero-order valence-electron chi connectivity index (χ0n) is 9.26. The van der Waals surface area contributed by atoms with Crippen molar-refractivity contribution in [3.63, 3.8) is 0 Å². The van der Waals surface area contributed by atoms with Gasteiger partial charge >= 0.3 is 0 Å². The maximum absolute atomic E-state index is 10.9. The maximum Gasteiger partial charge on any atom is 0.264 e. The molecular formula is C11H12ClNO3S. The monoisotopic (exact) mass is 273 g/mol. The van der Waals surface area contributed by atoms with Crippen LogP contribution >= 0.6 is 11.6 Å². The molecule has 1 rings (SSSR count). The molecule has 0 unspecified atom stereocenters. The van der Waals surface area contributed by atoms with E-state index in [9.17, 15) is 8.42 Å². The second kappa shape index (κ2) is 6.01. The van der Waals surface area contributed by atoms with E-state index in [4.69, 9.17) is 21.0 Å². The van der Waals surface area contributed by atoms with Gasteiger partial charge in [0.05, 0.1) is 18.9 Å². The van der Waals surface area contributed by atoms with Gasteiger partial charge in [-0.2, -0.15) is 13.7 Å². The average Bonchev–Trinajstić information content (AvgIpc) is 2.24. The topological polar surface area (TPSA) is 67.2 Å². The Morgan fingerprint density at radius 3 is 2.47 bits per heavy atom. The van der Waals surface area contributed by atoms with Gasteiger partial charge in [-0.15, -0.1) is 0 Å². The SMILES string of the molecule is CS(=O)(=O)OC[C@H](CC#N)c1ccc(Cl)cc1. The normalized spacial score (nSPS) is 13.0. The van der Waals surface area contributed by atoms with Crippen molar-refractivity contribution >= 4 is 21.7 Å². The van der Waals surface area contributed by atoms with Crippen LogP contribution in [0.25, 0.3) is 0 Å². The molecule has 0 amide bonds. The third-order valence-corrected chi connectivity index (χ3v) is 2.98. The van der Waals surface area contributed by atoms with Crippen molar-refractivity contribution < 1.29 is 12.6 Å². The van der Waals surface area contributed by atoms with E-state index in [1.165, 1.54) is 0 Å². The lowest BCUT2D eigenvalue weighted by molar-refractivity contribution is 0.295. The minimum absolute atomic E-state index is 0.0337. The maximum atomic E-state index is 10.9. The molecule has 0 aliphatic heterocycles. The van der Waals surface area contributed by atoms with Crippen LogP contribution in [0.3, 0.4) is 0 Å². The van der Waals surface area contributed by atoms with Crippen LogP contribution in [0.5, 0.6) is 0 Å². The first kappa shape index (κ1) is 14.0. The number of hydrogen-bond acceptors (Lipinski definition) is 4. The van der Waals surface area contributed by atoms with E-state index in [-0.39, 0.29) is 18.9 Å². The quantitative estimate of drug-likeness (QED) is 0.772. The molecule has 1 aromatic rings. The van der Waals surface area contributed by atoms with Crippen molar-refractivity contribution in [2.75, 3.05) is 12.9 Å². The van der Waals surface area contributed by atoms with Gasteiger partial charge in [-0.25, -0.2) is 0 Å². The van der Waals surface area contributed by atoms with Crippen LogP contribution in [0, 0.1) is 11.3 Å². The molecule has 0 saturated carbocycles. The third-order valence-electron chi connectivity index (χ3n) is 2.16. The molecule has 4 nitrogen and oxygen atoms in total. The molecule has 0 heterocycles. The predicted molar refractivity (Wildman–Crippen MR) is 65.2 cm³/mol. The van der Waals surface area contributed by atoms with Crippen LogP contribution < -0.4 is 0 Å². The van der Waals surface area contributed by atoms with Gasteiger partial charge in [-0.1, -0.05) is 23.7 Å². The average molecular weight is 274 g/mol. The molecule has 0 spiro atoms. The van der Waals surface area contributed by atoms with Gasteiger partial charge in [-0.05, 0) is 17.7 Å². The van der Waals surface area contributed by atoms with Crippen molar-refractivity contribution in [3.8, 4) is 6.07 Å². The van der Waals surface area contributed by atoms with Gasteiger partial charge < -0.3 is 0 Å². The third kappa shape index (κ3) is 5.18. The molecule has 0 radical (unpaired) electrons. The summed E-state index contributed by atoms with van der Waals surface area (Å²) in [7, 11) is -3.49. The summed E-state index contributed by atoms with van der Waals surface area (Å²) >= 11 is 5.75. The number of benzene rings is 1. The van der Waals surface area contributed by atoms with Gasteiger partial charge in [0.25, 0.3) is 10.1 Å². The van der Waals surface area contributed by atoms with Crippen molar-refractivity contribution in [2.24, 2.45) is 0 Å². The smallest absolute Gasteiger partial charge is 0.264 e. The van der Waals surface area contributed by atoms with Crippen molar-refractivity contribution in [1.29, 1.82) is 5.26 Å². The van der Waals surface area contributed by atoms with Crippen LogP contribution in [0.2, 0.25) is 5.02 Å². The van der Waals surface area contributed by atoms with Crippen molar-refractivity contribution in [3.05, 3.63) is 34.9 Å². The summed E-state index contributed by atoms with van der Waals surface area (Å²) in [4.78, 5) is 0. The van der Waals surface area contributed by atoms with Gasteiger partial charge in [0, 0.05) is 17.4 Å². The molecule has 17 heavy (non-hydrogen) atoms. The summed E-state index contributed by atoms with van der Waals surface area (Å²) in [5.41, 5.74) is 0.833. The van der Waals surface area contributed by atoms with Crippen molar-refractivity contribution in [1.82, 2.24) is 0 Å². The summed E-state index contributed by atoms with van der Waals surface area (Å²) in [6.07, 6.45) is 1.18. The lowest BCUT2D eigenvalue weighted by Gasteiger charge is -2.13. The molecule has 0 bridgehead atoms. The Bertz CT molecular complexity index is 505. The van der Waals surface area contributed by atoms with E-state index in [0.717, 1.165) is 11.8 Å². The molecule has 0 aromatic heterocycles. The summed E-state index contributed by atoms with van der Waals surface area (Å²) in [5.74, 6) is -0.271. The Balaban J connectivity index is 2.79. The highest BCUT2D eigenvalue weighted by Crippen LogP contribution is 2.22. The van der Waals surface area contributed by atoms with Crippen LogP contribution in [0.4, 0.5) is 0 Å². The largest absolute Gasteiger partial charge is 0.270 e. The van der Waals surface area contributed by atoms with Crippen LogP contribution in [0.15, 0.2) is 24.3 Å².